The first kappa shape index (κ1) is 23.5. The molecule has 3 rings (SSSR count). The Kier molecular flexibility index (Phi) is 7.68. The van der Waals surface area contributed by atoms with Crippen LogP contribution in [0.25, 0.3) is 0 Å². The van der Waals surface area contributed by atoms with Crippen LogP contribution in [-0.4, -0.2) is 41.5 Å². The molecule has 0 aliphatic carbocycles. The van der Waals surface area contributed by atoms with Gasteiger partial charge in [-0.05, 0) is 30.5 Å². The number of likely N-dealkylation sites (tertiary alicyclic amines) is 1. The van der Waals surface area contributed by atoms with E-state index < -0.39 is 22.4 Å². The summed E-state index contributed by atoms with van der Waals surface area (Å²) in [5.41, 5.74) is -0.731. The molecule has 0 aromatic heterocycles. The Hall–Kier alpha value is -3.14. The number of carbonyl (C=O) groups excluding carboxylic acids is 1. The van der Waals surface area contributed by atoms with Gasteiger partial charge in [-0.15, -0.1) is 0 Å². The maximum atomic E-state index is 12.8. The van der Waals surface area contributed by atoms with E-state index in [1.54, 1.807) is 4.90 Å². The first-order chi connectivity index (χ1) is 15.2. The summed E-state index contributed by atoms with van der Waals surface area (Å²) < 4.78 is 44.3. The van der Waals surface area contributed by atoms with E-state index in [9.17, 15) is 28.1 Å². The van der Waals surface area contributed by atoms with Crippen molar-refractivity contribution in [3.05, 3.63) is 69.8 Å². The molecule has 32 heavy (non-hydrogen) atoms. The number of nitrogens with zero attached hydrogens (tertiary/aromatic N) is 2. The fourth-order valence-corrected chi connectivity index (χ4v) is 3.53. The molecule has 1 heterocycles. The van der Waals surface area contributed by atoms with E-state index in [-0.39, 0.29) is 30.7 Å². The minimum Gasteiger partial charge on any atom is -0.379 e. The number of hydrogen-bond donors (Lipinski definition) is 1. The van der Waals surface area contributed by atoms with Crippen LogP contribution in [0.5, 0.6) is 0 Å². The monoisotopic (exact) mass is 451 g/mol. The average Bonchev–Trinajstić information content (AvgIpc) is 2.78. The number of piperidine rings is 1. The van der Waals surface area contributed by atoms with Gasteiger partial charge in [-0.25, -0.2) is 0 Å². The molecule has 172 valence electrons. The third-order valence-electron chi connectivity index (χ3n) is 5.30. The Labute approximate surface area is 183 Å². The minimum absolute atomic E-state index is 0.0520. The van der Waals surface area contributed by atoms with E-state index in [1.165, 1.54) is 0 Å². The Morgan fingerprint density at radius 1 is 1.16 bits per heavy atom. The van der Waals surface area contributed by atoms with Crippen molar-refractivity contribution in [1.82, 2.24) is 4.90 Å². The molecule has 0 unspecified atom stereocenters. The van der Waals surface area contributed by atoms with Crippen LogP contribution in [-0.2, 0) is 22.3 Å². The fraction of sp³-hybridized carbons (Fsp3) is 0.409. The fourth-order valence-electron chi connectivity index (χ4n) is 3.53. The highest BCUT2D eigenvalue weighted by Crippen LogP contribution is 2.35. The van der Waals surface area contributed by atoms with E-state index in [0.29, 0.717) is 25.8 Å². The highest BCUT2D eigenvalue weighted by atomic mass is 19.4. The van der Waals surface area contributed by atoms with Crippen LogP contribution in [0.2, 0.25) is 0 Å². The summed E-state index contributed by atoms with van der Waals surface area (Å²) in [7, 11) is 0. The van der Waals surface area contributed by atoms with Crippen LogP contribution in [0.15, 0.2) is 48.5 Å². The van der Waals surface area contributed by atoms with Gasteiger partial charge in [0.05, 0.1) is 23.2 Å². The molecule has 1 aliphatic heterocycles. The Bertz CT molecular complexity index is 930. The van der Waals surface area contributed by atoms with Crippen molar-refractivity contribution in [2.45, 2.75) is 38.1 Å². The van der Waals surface area contributed by atoms with Crippen LogP contribution in [0, 0.1) is 10.1 Å². The quantitative estimate of drug-likeness (QED) is 0.468. The SMILES string of the molecule is O=C(CCNc1ccc(C(F)(F)F)cc1[N+](=O)[O-])N1CCC(OCc2ccccc2)CC1. The maximum absolute atomic E-state index is 12.8. The molecule has 0 spiro atoms. The minimum atomic E-state index is -4.67. The largest absolute Gasteiger partial charge is 0.416 e. The molecule has 1 amide bonds. The lowest BCUT2D eigenvalue weighted by Gasteiger charge is -2.32. The van der Waals surface area contributed by atoms with Crippen molar-refractivity contribution >= 4 is 17.3 Å². The number of alkyl halides is 3. The van der Waals surface area contributed by atoms with E-state index in [4.69, 9.17) is 4.74 Å². The predicted molar refractivity (Wildman–Crippen MR) is 112 cm³/mol. The lowest BCUT2D eigenvalue weighted by molar-refractivity contribution is -0.384. The second kappa shape index (κ2) is 10.4. The maximum Gasteiger partial charge on any atom is 0.416 e. The summed E-state index contributed by atoms with van der Waals surface area (Å²) in [5, 5.41) is 13.8. The number of nitro benzene ring substituents is 1. The van der Waals surface area contributed by atoms with Crippen molar-refractivity contribution in [3.63, 3.8) is 0 Å². The number of amides is 1. The van der Waals surface area contributed by atoms with Crippen LogP contribution in [0.4, 0.5) is 24.5 Å². The van der Waals surface area contributed by atoms with Gasteiger partial charge in [0.2, 0.25) is 5.91 Å². The van der Waals surface area contributed by atoms with Gasteiger partial charge < -0.3 is 15.0 Å². The number of ether oxygens (including phenoxy) is 1. The van der Waals surface area contributed by atoms with E-state index >= 15 is 0 Å². The number of carbonyl (C=O) groups is 1. The number of nitro groups is 1. The van der Waals surface area contributed by atoms with Gasteiger partial charge in [-0.2, -0.15) is 13.2 Å². The third kappa shape index (κ3) is 6.43. The van der Waals surface area contributed by atoms with Crippen LogP contribution >= 0.6 is 0 Å². The second-order valence-corrected chi connectivity index (χ2v) is 7.54. The number of benzene rings is 2. The van der Waals surface area contributed by atoms with Gasteiger partial charge in [-0.1, -0.05) is 30.3 Å². The average molecular weight is 451 g/mol. The van der Waals surface area contributed by atoms with Gasteiger partial charge in [0.1, 0.15) is 5.69 Å². The Morgan fingerprint density at radius 3 is 2.47 bits per heavy atom. The van der Waals surface area contributed by atoms with Crippen molar-refractivity contribution in [2.24, 2.45) is 0 Å². The van der Waals surface area contributed by atoms with E-state index in [1.807, 2.05) is 30.3 Å². The van der Waals surface area contributed by atoms with Crippen molar-refractivity contribution < 1.29 is 27.6 Å². The van der Waals surface area contributed by atoms with E-state index in [0.717, 1.165) is 30.5 Å². The molecule has 1 N–H and O–H groups in total. The Balaban J connectivity index is 1.44. The van der Waals surface area contributed by atoms with Gasteiger partial charge in [-0.3, -0.25) is 14.9 Å². The molecule has 1 fully saturated rings. The lowest BCUT2D eigenvalue weighted by atomic mass is 10.1. The molecule has 0 radical (unpaired) electrons. The van der Waals surface area contributed by atoms with Gasteiger partial charge in [0.25, 0.3) is 5.69 Å². The molecule has 1 saturated heterocycles. The Morgan fingerprint density at radius 2 is 1.84 bits per heavy atom. The van der Waals surface area contributed by atoms with Crippen molar-refractivity contribution in [2.75, 3.05) is 25.0 Å². The molecule has 2 aromatic rings. The summed E-state index contributed by atoms with van der Waals surface area (Å²) in [4.78, 5) is 24.4. The molecule has 10 heteroatoms. The number of nitrogens with one attached hydrogen (secondary N) is 1. The van der Waals surface area contributed by atoms with Crippen LogP contribution in [0.1, 0.15) is 30.4 Å². The molecular weight excluding hydrogens is 427 g/mol. The topological polar surface area (TPSA) is 84.7 Å². The standard InChI is InChI=1S/C22H24F3N3O4/c23-22(24,25)17-6-7-19(20(14-17)28(30)31)26-11-8-21(29)27-12-9-18(10-13-27)32-15-16-4-2-1-3-5-16/h1-7,14,18,26H,8-13,15H2. The molecule has 0 saturated carbocycles. The molecule has 0 atom stereocenters. The summed E-state index contributed by atoms with van der Waals surface area (Å²) >= 11 is 0. The first-order valence-corrected chi connectivity index (χ1v) is 10.3. The summed E-state index contributed by atoms with van der Waals surface area (Å²) in [6.45, 7) is 1.71. The lowest BCUT2D eigenvalue weighted by Crippen LogP contribution is -2.41. The van der Waals surface area contributed by atoms with Gasteiger partial charge in [0, 0.05) is 32.1 Å². The van der Waals surface area contributed by atoms with E-state index in [2.05, 4.69) is 5.32 Å². The number of rotatable bonds is 8. The summed E-state index contributed by atoms with van der Waals surface area (Å²) in [6.07, 6.45) is -3.08. The first-order valence-electron chi connectivity index (χ1n) is 10.3. The summed E-state index contributed by atoms with van der Waals surface area (Å²) in [6, 6.07) is 12.1. The normalized spacial score (nSPS) is 14.9. The molecule has 0 bridgehead atoms. The highest BCUT2D eigenvalue weighted by Gasteiger charge is 2.33. The van der Waals surface area contributed by atoms with Crippen LogP contribution in [0.3, 0.4) is 0 Å². The van der Waals surface area contributed by atoms with Crippen molar-refractivity contribution in [3.8, 4) is 0 Å². The van der Waals surface area contributed by atoms with Gasteiger partial charge >= 0.3 is 6.18 Å². The molecule has 7 nitrogen and oxygen atoms in total. The zero-order valence-electron chi connectivity index (χ0n) is 17.3. The molecular formula is C22H24F3N3O4. The van der Waals surface area contributed by atoms with Crippen molar-refractivity contribution in [1.29, 1.82) is 0 Å². The molecule has 2 aromatic carbocycles. The third-order valence-corrected chi connectivity index (χ3v) is 5.30. The van der Waals surface area contributed by atoms with Gasteiger partial charge in [0.15, 0.2) is 0 Å². The smallest absolute Gasteiger partial charge is 0.379 e. The zero-order chi connectivity index (χ0) is 23.1. The second-order valence-electron chi connectivity index (χ2n) is 7.54. The molecule has 1 aliphatic rings. The van der Waals surface area contributed by atoms with Crippen LogP contribution < -0.4 is 5.32 Å². The number of halogens is 3. The number of anilines is 1. The highest BCUT2D eigenvalue weighted by molar-refractivity contribution is 5.77. The summed E-state index contributed by atoms with van der Waals surface area (Å²) in [5.74, 6) is -0.117. The predicted octanol–water partition coefficient (Wildman–Crippen LogP) is 4.62. The number of hydrogen-bond acceptors (Lipinski definition) is 5. The zero-order valence-corrected chi connectivity index (χ0v) is 17.3.